The Morgan fingerprint density at radius 2 is 1.24 bits per heavy atom. The molecule has 0 aliphatic heterocycles. The third-order valence-electron chi connectivity index (χ3n) is 4.51. The summed E-state index contributed by atoms with van der Waals surface area (Å²) in [4.78, 5) is 0. The first-order valence-electron chi connectivity index (χ1n) is 8.80. The number of hydrogen-bond acceptors (Lipinski definition) is 4. The number of benzene rings is 3. The van der Waals surface area contributed by atoms with Crippen LogP contribution >= 0.6 is 12.2 Å². The summed E-state index contributed by atoms with van der Waals surface area (Å²) in [7, 11) is 0. The summed E-state index contributed by atoms with van der Waals surface area (Å²) >= 11 is 5.58. The lowest BCUT2D eigenvalue weighted by Crippen LogP contribution is -1.99. The van der Waals surface area contributed by atoms with Gasteiger partial charge in [-0.1, -0.05) is 0 Å². The number of aromatic hydroxyl groups is 2. The monoisotopic (exact) mass is 408 g/mol. The minimum absolute atomic E-state index is 0.0207. The van der Waals surface area contributed by atoms with Crippen LogP contribution in [0.5, 0.6) is 23.1 Å². The lowest BCUT2D eigenvalue weighted by molar-refractivity contribution is 0.437. The van der Waals surface area contributed by atoms with Crippen LogP contribution in [-0.2, 0) is 0 Å². The van der Waals surface area contributed by atoms with Crippen molar-refractivity contribution >= 4 is 12.2 Å². The van der Waals surface area contributed by atoms with Gasteiger partial charge in [-0.25, -0.2) is 4.39 Å². The SMILES string of the molecule is Cc1c(O)n(-c2ccc(O)cc2)c(=S)n1-c1ccc(Oc2ccc(F)cc2)cc1. The van der Waals surface area contributed by atoms with Gasteiger partial charge in [0.05, 0.1) is 11.4 Å². The minimum atomic E-state index is -0.324. The number of aromatic nitrogens is 2. The van der Waals surface area contributed by atoms with Crippen molar-refractivity contribution in [3.05, 3.63) is 89.1 Å². The quantitative estimate of drug-likeness (QED) is 0.429. The fourth-order valence-corrected chi connectivity index (χ4v) is 3.47. The summed E-state index contributed by atoms with van der Waals surface area (Å²) in [6, 6.07) is 19.4. The third-order valence-corrected chi connectivity index (χ3v) is 4.87. The van der Waals surface area contributed by atoms with Gasteiger partial charge in [0, 0.05) is 5.69 Å². The Labute approximate surface area is 171 Å². The normalized spacial score (nSPS) is 10.8. The minimum Gasteiger partial charge on any atom is -0.508 e. The molecule has 4 aromatic rings. The Morgan fingerprint density at radius 1 is 0.759 bits per heavy atom. The van der Waals surface area contributed by atoms with Crippen molar-refractivity contribution in [3.63, 3.8) is 0 Å². The zero-order valence-corrected chi connectivity index (χ0v) is 16.2. The van der Waals surface area contributed by atoms with E-state index in [2.05, 4.69) is 0 Å². The molecule has 0 radical (unpaired) electrons. The summed E-state index contributed by atoms with van der Waals surface area (Å²) in [6.45, 7) is 1.77. The molecule has 0 bridgehead atoms. The van der Waals surface area contributed by atoms with E-state index in [0.717, 1.165) is 5.69 Å². The van der Waals surface area contributed by atoms with Gasteiger partial charge >= 0.3 is 0 Å². The van der Waals surface area contributed by atoms with E-state index in [1.54, 1.807) is 47.9 Å². The maximum absolute atomic E-state index is 13.0. The molecule has 29 heavy (non-hydrogen) atoms. The van der Waals surface area contributed by atoms with Crippen molar-refractivity contribution in [2.24, 2.45) is 0 Å². The average Bonchev–Trinajstić information content (AvgIpc) is 2.94. The standard InChI is InChI=1S/C22H17FN2O3S/c1-14-21(27)25(17-4-8-18(26)9-5-17)22(29)24(14)16-6-12-20(13-7-16)28-19-10-2-15(23)3-11-19/h2-13,26-27H,1H3. The van der Waals surface area contributed by atoms with E-state index in [1.807, 2.05) is 12.1 Å². The Kier molecular flexibility index (Phi) is 4.82. The van der Waals surface area contributed by atoms with Crippen LogP contribution in [0.25, 0.3) is 11.4 Å². The number of hydrogen-bond donors (Lipinski definition) is 2. The molecule has 0 aliphatic rings. The Bertz CT molecular complexity index is 1210. The largest absolute Gasteiger partial charge is 0.508 e. The van der Waals surface area contributed by atoms with Gasteiger partial charge in [0.2, 0.25) is 5.88 Å². The zero-order chi connectivity index (χ0) is 20.5. The number of phenols is 1. The van der Waals surface area contributed by atoms with E-state index in [0.29, 0.717) is 27.7 Å². The van der Waals surface area contributed by atoms with Crippen molar-refractivity contribution in [1.29, 1.82) is 0 Å². The Balaban J connectivity index is 1.68. The molecule has 0 aliphatic carbocycles. The first-order chi connectivity index (χ1) is 13.9. The lowest BCUT2D eigenvalue weighted by Gasteiger charge is -2.09. The molecule has 146 valence electrons. The molecule has 3 aromatic carbocycles. The van der Waals surface area contributed by atoms with Crippen LogP contribution in [0.1, 0.15) is 5.69 Å². The van der Waals surface area contributed by atoms with Crippen molar-refractivity contribution in [1.82, 2.24) is 9.13 Å². The number of ether oxygens (including phenoxy) is 1. The first-order valence-corrected chi connectivity index (χ1v) is 9.21. The fraction of sp³-hybridized carbons (Fsp3) is 0.0455. The second kappa shape index (κ2) is 7.44. The summed E-state index contributed by atoms with van der Waals surface area (Å²) in [5.74, 6) is 0.949. The van der Waals surface area contributed by atoms with Gasteiger partial charge in [-0.2, -0.15) is 0 Å². The Morgan fingerprint density at radius 3 is 1.83 bits per heavy atom. The number of rotatable bonds is 4. The highest BCUT2D eigenvalue weighted by molar-refractivity contribution is 7.71. The van der Waals surface area contributed by atoms with E-state index in [1.165, 1.54) is 28.8 Å². The summed E-state index contributed by atoms with van der Waals surface area (Å²) in [5, 5.41) is 20.1. The van der Waals surface area contributed by atoms with Gasteiger partial charge in [-0.05, 0) is 91.9 Å². The van der Waals surface area contributed by atoms with E-state index in [9.17, 15) is 14.6 Å². The first kappa shape index (κ1) is 18.8. The second-order valence-electron chi connectivity index (χ2n) is 6.43. The molecular formula is C22H17FN2O3S. The zero-order valence-electron chi connectivity index (χ0n) is 15.4. The molecular weight excluding hydrogens is 391 g/mol. The van der Waals surface area contributed by atoms with Gasteiger partial charge < -0.3 is 14.9 Å². The Hall–Kier alpha value is -3.58. The van der Waals surface area contributed by atoms with Crippen LogP contribution in [0.15, 0.2) is 72.8 Å². The van der Waals surface area contributed by atoms with Crippen LogP contribution in [0.2, 0.25) is 0 Å². The lowest BCUT2D eigenvalue weighted by atomic mass is 10.3. The second-order valence-corrected chi connectivity index (χ2v) is 6.79. The van der Waals surface area contributed by atoms with Crippen LogP contribution in [0.4, 0.5) is 4.39 Å². The highest BCUT2D eigenvalue weighted by Gasteiger charge is 2.16. The van der Waals surface area contributed by atoms with Crippen LogP contribution in [-0.4, -0.2) is 19.3 Å². The summed E-state index contributed by atoms with van der Waals surface area (Å²) < 4.78 is 22.4. The molecule has 1 aromatic heterocycles. The smallest absolute Gasteiger partial charge is 0.218 e. The molecule has 0 saturated heterocycles. The van der Waals surface area contributed by atoms with E-state index < -0.39 is 0 Å². The number of nitrogens with zero attached hydrogens (tertiary/aromatic N) is 2. The van der Waals surface area contributed by atoms with Crippen molar-refractivity contribution < 1.29 is 19.3 Å². The predicted octanol–water partition coefficient (Wildman–Crippen LogP) is 5.65. The number of phenolic OH excluding ortho intramolecular Hbond substituents is 1. The van der Waals surface area contributed by atoms with Gasteiger partial charge in [0.15, 0.2) is 4.77 Å². The molecule has 0 amide bonds. The molecule has 0 atom stereocenters. The molecule has 0 saturated carbocycles. The predicted molar refractivity (Wildman–Crippen MR) is 110 cm³/mol. The van der Waals surface area contributed by atoms with E-state index >= 15 is 0 Å². The number of halogens is 1. The third kappa shape index (κ3) is 3.60. The number of imidazole rings is 1. The van der Waals surface area contributed by atoms with Crippen LogP contribution in [0, 0.1) is 17.5 Å². The fourth-order valence-electron chi connectivity index (χ4n) is 3.04. The molecule has 1 heterocycles. The van der Waals surface area contributed by atoms with Gasteiger partial charge in [-0.3, -0.25) is 9.13 Å². The van der Waals surface area contributed by atoms with Gasteiger partial charge in [-0.15, -0.1) is 0 Å². The van der Waals surface area contributed by atoms with Crippen LogP contribution in [0.3, 0.4) is 0 Å². The summed E-state index contributed by atoms with van der Waals surface area (Å²) in [6.07, 6.45) is 0. The molecule has 0 unspecified atom stereocenters. The van der Waals surface area contributed by atoms with Crippen molar-refractivity contribution in [2.45, 2.75) is 6.92 Å². The highest BCUT2D eigenvalue weighted by atomic mass is 32.1. The maximum Gasteiger partial charge on any atom is 0.218 e. The van der Waals surface area contributed by atoms with Crippen molar-refractivity contribution in [2.75, 3.05) is 0 Å². The van der Waals surface area contributed by atoms with E-state index in [4.69, 9.17) is 17.0 Å². The van der Waals surface area contributed by atoms with E-state index in [-0.39, 0.29) is 17.4 Å². The average molecular weight is 408 g/mol. The molecule has 4 rings (SSSR count). The molecule has 2 N–H and O–H groups in total. The summed E-state index contributed by atoms with van der Waals surface area (Å²) in [5.41, 5.74) is 1.98. The van der Waals surface area contributed by atoms with Crippen molar-refractivity contribution in [3.8, 4) is 34.5 Å². The molecule has 0 spiro atoms. The molecule has 0 fully saturated rings. The molecule has 5 nitrogen and oxygen atoms in total. The maximum atomic E-state index is 13.0. The van der Waals surface area contributed by atoms with Gasteiger partial charge in [0.1, 0.15) is 23.1 Å². The topological polar surface area (TPSA) is 59.5 Å². The van der Waals surface area contributed by atoms with Gasteiger partial charge in [0.25, 0.3) is 0 Å². The van der Waals surface area contributed by atoms with Crippen LogP contribution < -0.4 is 4.74 Å². The highest BCUT2D eigenvalue weighted by Crippen LogP contribution is 2.30. The molecule has 7 heteroatoms.